The van der Waals surface area contributed by atoms with Crippen LogP contribution in [0.1, 0.15) is 58.3 Å². The largest absolute Gasteiger partial charge is 0.466 e. The molecule has 4 unspecified atom stereocenters. The van der Waals surface area contributed by atoms with Gasteiger partial charge in [0.25, 0.3) is 5.60 Å². The molecule has 3 fully saturated rings. The van der Waals surface area contributed by atoms with Crippen molar-refractivity contribution in [2.45, 2.75) is 82.5 Å². The molecule has 1 aliphatic heterocycles. The summed E-state index contributed by atoms with van der Waals surface area (Å²) in [4.78, 5) is 10.2. The lowest BCUT2D eigenvalue weighted by Gasteiger charge is -2.42. The van der Waals surface area contributed by atoms with Crippen molar-refractivity contribution in [3.8, 4) is 0 Å². The van der Waals surface area contributed by atoms with Crippen molar-refractivity contribution in [2.24, 2.45) is 17.8 Å². The highest BCUT2D eigenvalue weighted by Gasteiger charge is 2.73. The minimum atomic E-state index is -5.52. The van der Waals surface area contributed by atoms with Crippen molar-refractivity contribution in [3.63, 3.8) is 0 Å². The van der Waals surface area contributed by atoms with Gasteiger partial charge in [-0.05, 0) is 69.6 Å². The Balaban J connectivity index is 0.000000423. The second-order valence-corrected chi connectivity index (χ2v) is 8.65. The predicted octanol–water partition coefficient (Wildman–Crippen LogP) is 5.95. The number of halogens is 6. The Morgan fingerprint density at radius 1 is 1.03 bits per heavy atom. The molecule has 3 rings (SSSR count). The molecule has 0 radical (unpaired) electrons. The molecule has 4 atom stereocenters. The molecule has 1 heterocycles. The summed E-state index contributed by atoms with van der Waals surface area (Å²) in [7, 11) is 1.33. The number of fused-ring (bicyclic) bond motifs is 2. The Morgan fingerprint density at radius 2 is 1.68 bits per heavy atom. The Morgan fingerprint density at radius 3 is 2.03 bits per heavy atom. The van der Waals surface area contributed by atoms with E-state index in [1.807, 2.05) is 0 Å². The summed E-state index contributed by atoms with van der Waals surface area (Å²) in [5, 5.41) is 0. The zero-order chi connectivity index (χ0) is 23.4. The monoisotopic (exact) mass is 460 g/mol. The number of carbonyl (C=O) groups is 1. The first-order valence-electron chi connectivity index (χ1n) is 10.5. The number of alkyl halides is 6. The van der Waals surface area contributed by atoms with Crippen LogP contribution in [0.5, 0.6) is 0 Å². The average Bonchev–Trinajstić information content (AvgIpc) is 3.29. The Hall–Kier alpha value is -1.29. The highest BCUT2D eigenvalue weighted by molar-refractivity contribution is 5.86. The van der Waals surface area contributed by atoms with Crippen LogP contribution >= 0.6 is 0 Å². The highest BCUT2D eigenvalue weighted by Crippen LogP contribution is 2.57. The molecule has 3 aliphatic rings. The molecule has 0 aromatic rings. The molecule has 0 aromatic carbocycles. The summed E-state index contributed by atoms with van der Waals surface area (Å²) in [6.07, 6.45) is -9.51. The second kappa shape index (κ2) is 10.1. The first kappa shape index (κ1) is 26.0. The van der Waals surface area contributed by atoms with E-state index >= 15 is 0 Å². The fraction of sp³-hybridized carbons (Fsp3) is 0.857. The molecular formula is C21H30F6O4. The molecule has 2 aliphatic carbocycles. The average molecular weight is 460 g/mol. The van der Waals surface area contributed by atoms with Crippen LogP contribution in [-0.2, 0) is 19.0 Å². The first-order valence-corrected chi connectivity index (χ1v) is 10.5. The van der Waals surface area contributed by atoms with E-state index in [9.17, 15) is 31.1 Å². The molecule has 31 heavy (non-hydrogen) atoms. The topological polar surface area (TPSA) is 44.8 Å². The van der Waals surface area contributed by atoms with Gasteiger partial charge in [-0.1, -0.05) is 13.0 Å². The quantitative estimate of drug-likeness (QED) is 0.289. The number of ether oxygens (including phenoxy) is 3. The molecule has 10 heteroatoms. The molecule has 2 bridgehead atoms. The Kier molecular flexibility index (Phi) is 8.46. The fourth-order valence-electron chi connectivity index (χ4n) is 4.77. The third-order valence-electron chi connectivity index (χ3n) is 6.35. The van der Waals surface area contributed by atoms with Crippen LogP contribution in [-0.4, -0.2) is 43.9 Å². The van der Waals surface area contributed by atoms with Gasteiger partial charge in [0.15, 0.2) is 6.29 Å². The zero-order valence-corrected chi connectivity index (χ0v) is 17.8. The van der Waals surface area contributed by atoms with Gasteiger partial charge in [-0.25, -0.2) is 4.79 Å². The molecule has 1 saturated heterocycles. The molecule has 0 amide bonds. The maximum absolute atomic E-state index is 13.6. The van der Waals surface area contributed by atoms with Crippen molar-refractivity contribution in [1.29, 1.82) is 0 Å². The second-order valence-electron chi connectivity index (χ2n) is 8.65. The van der Waals surface area contributed by atoms with Gasteiger partial charge in [0.1, 0.15) is 0 Å². The van der Waals surface area contributed by atoms with E-state index in [1.54, 1.807) is 6.92 Å². The SMILES string of the molecule is C=C(C)C(=O)OC.FC(F)(F)C(CC1CC2CCC1C2)(OC1CCCCO1)C(F)(F)F. The van der Waals surface area contributed by atoms with Gasteiger partial charge in [-0.3, -0.25) is 0 Å². The summed E-state index contributed by atoms with van der Waals surface area (Å²) in [5.74, 6) is -0.712. The van der Waals surface area contributed by atoms with Crippen molar-refractivity contribution >= 4 is 5.97 Å². The molecule has 0 N–H and O–H groups in total. The summed E-state index contributed by atoms with van der Waals surface area (Å²) in [6, 6.07) is 0. The van der Waals surface area contributed by atoms with Gasteiger partial charge in [-0.15, -0.1) is 0 Å². The number of rotatable bonds is 5. The van der Waals surface area contributed by atoms with Gasteiger partial charge in [0.05, 0.1) is 7.11 Å². The maximum Gasteiger partial charge on any atom is 0.426 e. The standard InChI is InChI=1S/C16H22F6O2.C5H8O2/c17-15(18,19)14(16(20,21)22,24-13-3-1-2-6-23-13)9-12-8-10-4-5-11(12)7-10;1-4(2)5(6)7-3/h10-13H,1-9H2;1H2,2-3H3. The van der Waals surface area contributed by atoms with E-state index in [4.69, 9.17) is 9.47 Å². The lowest BCUT2D eigenvalue weighted by Crippen LogP contribution is -2.61. The van der Waals surface area contributed by atoms with Crippen molar-refractivity contribution < 1.29 is 45.3 Å². The van der Waals surface area contributed by atoms with E-state index < -0.39 is 36.6 Å². The van der Waals surface area contributed by atoms with Crippen LogP contribution < -0.4 is 0 Å². The molecule has 0 spiro atoms. The lowest BCUT2D eigenvalue weighted by molar-refractivity contribution is -0.416. The number of hydrogen-bond donors (Lipinski definition) is 0. The summed E-state index contributed by atoms with van der Waals surface area (Å²) < 4.78 is 95.7. The number of hydrogen-bond acceptors (Lipinski definition) is 4. The van der Waals surface area contributed by atoms with Crippen molar-refractivity contribution in [2.75, 3.05) is 13.7 Å². The van der Waals surface area contributed by atoms with Crippen molar-refractivity contribution in [3.05, 3.63) is 12.2 Å². The zero-order valence-electron chi connectivity index (χ0n) is 17.8. The summed E-state index contributed by atoms with van der Waals surface area (Å²) in [5.41, 5.74) is -3.69. The molecular weight excluding hydrogens is 430 g/mol. The number of methoxy groups -OCH3 is 1. The van der Waals surface area contributed by atoms with Crippen LogP contribution in [0.3, 0.4) is 0 Å². The normalized spacial score (nSPS) is 28.6. The summed E-state index contributed by atoms with van der Waals surface area (Å²) in [6.45, 7) is 5.08. The van der Waals surface area contributed by atoms with Gasteiger partial charge >= 0.3 is 18.3 Å². The molecule has 2 saturated carbocycles. The third-order valence-corrected chi connectivity index (χ3v) is 6.35. The van der Waals surface area contributed by atoms with Gasteiger partial charge in [0, 0.05) is 12.2 Å². The summed E-state index contributed by atoms with van der Waals surface area (Å²) >= 11 is 0. The van der Waals surface area contributed by atoms with Crippen LogP contribution in [0.4, 0.5) is 26.3 Å². The van der Waals surface area contributed by atoms with E-state index in [0.29, 0.717) is 24.8 Å². The van der Waals surface area contributed by atoms with E-state index in [-0.39, 0.29) is 30.8 Å². The van der Waals surface area contributed by atoms with Crippen LogP contribution in [0.2, 0.25) is 0 Å². The van der Waals surface area contributed by atoms with Gasteiger partial charge in [0.2, 0.25) is 0 Å². The molecule has 0 aromatic heterocycles. The number of esters is 1. The van der Waals surface area contributed by atoms with Crippen LogP contribution in [0.25, 0.3) is 0 Å². The minimum Gasteiger partial charge on any atom is -0.466 e. The van der Waals surface area contributed by atoms with E-state index in [1.165, 1.54) is 7.11 Å². The van der Waals surface area contributed by atoms with Crippen LogP contribution in [0, 0.1) is 17.8 Å². The number of carbonyl (C=O) groups excluding carboxylic acids is 1. The van der Waals surface area contributed by atoms with E-state index in [0.717, 1.165) is 19.3 Å². The Bertz CT molecular complexity index is 610. The van der Waals surface area contributed by atoms with E-state index in [2.05, 4.69) is 11.3 Å². The lowest BCUT2D eigenvalue weighted by atomic mass is 9.79. The smallest absolute Gasteiger partial charge is 0.426 e. The van der Waals surface area contributed by atoms with Crippen LogP contribution in [0.15, 0.2) is 12.2 Å². The highest BCUT2D eigenvalue weighted by atomic mass is 19.4. The van der Waals surface area contributed by atoms with Crippen molar-refractivity contribution in [1.82, 2.24) is 0 Å². The molecule has 4 nitrogen and oxygen atoms in total. The fourth-order valence-corrected chi connectivity index (χ4v) is 4.77. The Labute approximate surface area is 178 Å². The molecule has 180 valence electrons. The first-order chi connectivity index (χ1) is 14.3. The maximum atomic E-state index is 13.6. The predicted molar refractivity (Wildman–Crippen MR) is 99.9 cm³/mol. The minimum absolute atomic E-state index is 0.0463. The van der Waals surface area contributed by atoms with Gasteiger partial charge in [-0.2, -0.15) is 26.3 Å². The van der Waals surface area contributed by atoms with Gasteiger partial charge < -0.3 is 14.2 Å². The third kappa shape index (κ3) is 6.15.